The Morgan fingerprint density at radius 1 is 1.19 bits per heavy atom. The molecule has 27 heavy (non-hydrogen) atoms. The minimum Gasteiger partial charge on any atom is -0.489 e. The summed E-state index contributed by atoms with van der Waals surface area (Å²) in [5.41, 5.74) is 4.94. The zero-order valence-corrected chi connectivity index (χ0v) is 15.9. The molecule has 1 saturated heterocycles. The van der Waals surface area contributed by atoms with Crippen LogP contribution in [0.25, 0.3) is 0 Å². The van der Waals surface area contributed by atoms with E-state index in [1.165, 1.54) is 23.7 Å². The first kappa shape index (κ1) is 17.9. The van der Waals surface area contributed by atoms with Gasteiger partial charge in [0.05, 0.1) is 25.8 Å². The second-order valence-corrected chi connectivity index (χ2v) is 7.41. The van der Waals surface area contributed by atoms with Crippen LogP contribution in [0.1, 0.15) is 43.0 Å². The molecule has 0 radical (unpaired) electrons. The van der Waals surface area contributed by atoms with E-state index >= 15 is 0 Å². The Bertz CT molecular complexity index is 819. The first-order valence-corrected chi connectivity index (χ1v) is 9.57. The SMILES string of the molecule is CC(=O)N[C@@H](C)c1ccc(O[C@@H]2CCN(c3ccc4c(c3)COC4)C2)cc1. The minimum atomic E-state index is -0.0213. The Morgan fingerprint density at radius 3 is 2.74 bits per heavy atom. The van der Waals surface area contributed by atoms with Crippen molar-refractivity contribution in [2.24, 2.45) is 0 Å². The molecule has 0 spiro atoms. The number of carbonyl (C=O) groups excluding carboxylic acids is 1. The van der Waals surface area contributed by atoms with Gasteiger partial charge >= 0.3 is 0 Å². The van der Waals surface area contributed by atoms with Crippen molar-refractivity contribution in [2.75, 3.05) is 18.0 Å². The molecule has 0 bridgehead atoms. The van der Waals surface area contributed by atoms with Gasteiger partial charge in [-0.2, -0.15) is 0 Å². The number of hydrogen-bond donors (Lipinski definition) is 1. The van der Waals surface area contributed by atoms with Gasteiger partial charge in [0.15, 0.2) is 0 Å². The fraction of sp³-hybridized carbons (Fsp3) is 0.409. The molecule has 2 heterocycles. The molecule has 1 amide bonds. The fourth-order valence-corrected chi connectivity index (χ4v) is 3.83. The first-order valence-electron chi connectivity index (χ1n) is 9.57. The Hall–Kier alpha value is -2.53. The lowest BCUT2D eigenvalue weighted by atomic mass is 10.1. The summed E-state index contributed by atoms with van der Waals surface area (Å²) in [5.74, 6) is 0.856. The van der Waals surface area contributed by atoms with Crippen LogP contribution in [0.4, 0.5) is 5.69 Å². The zero-order valence-electron chi connectivity index (χ0n) is 15.9. The average Bonchev–Trinajstić information content (AvgIpc) is 3.30. The van der Waals surface area contributed by atoms with Crippen LogP contribution in [0.2, 0.25) is 0 Å². The van der Waals surface area contributed by atoms with Crippen LogP contribution < -0.4 is 15.0 Å². The number of amides is 1. The quantitative estimate of drug-likeness (QED) is 0.879. The summed E-state index contributed by atoms with van der Waals surface area (Å²) < 4.78 is 11.7. The van der Waals surface area contributed by atoms with Crippen molar-refractivity contribution in [3.8, 4) is 5.75 Å². The largest absolute Gasteiger partial charge is 0.489 e. The van der Waals surface area contributed by atoms with Gasteiger partial charge in [0.2, 0.25) is 5.91 Å². The normalized spacial score (nSPS) is 19.6. The third-order valence-corrected chi connectivity index (χ3v) is 5.32. The molecule has 0 unspecified atom stereocenters. The number of rotatable bonds is 5. The summed E-state index contributed by atoms with van der Waals surface area (Å²) in [4.78, 5) is 13.6. The molecule has 2 aromatic carbocycles. The van der Waals surface area contributed by atoms with Crippen molar-refractivity contribution >= 4 is 11.6 Å². The molecule has 4 rings (SSSR count). The number of fused-ring (bicyclic) bond motifs is 1. The lowest BCUT2D eigenvalue weighted by Crippen LogP contribution is -2.25. The monoisotopic (exact) mass is 366 g/mol. The number of nitrogens with one attached hydrogen (secondary N) is 1. The van der Waals surface area contributed by atoms with Crippen molar-refractivity contribution in [3.05, 3.63) is 59.2 Å². The van der Waals surface area contributed by atoms with Gasteiger partial charge in [0.1, 0.15) is 11.9 Å². The van der Waals surface area contributed by atoms with Crippen LogP contribution in [-0.4, -0.2) is 25.1 Å². The lowest BCUT2D eigenvalue weighted by molar-refractivity contribution is -0.119. The number of benzene rings is 2. The van der Waals surface area contributed by atoms with Gasteiger partial charge in [-0.3, -0.25) is 4.79 Å². The molecule has 0 aromatic heterocycles. The second kappa shape index (κ2) is 7.61. The standard InChI is InChI=1S/C22H26N2O3/c1-15(23-16(2)25)17-4-7-21(8-5-17)27-22-9-10-24(12-22)20-6-3-18-13-26-14-19(18)11-20/h3-8,11,15,22H,9-10,12-14H2,1-2H3,(H,23,25)/t15-,22+/m0/s1. The molecule has 2 aliphatic rings. The number of ether oxygens (including phenoxy) is 2. The molecule has 2 aromatic rings. The summed E-state index contributed by atoms with van der Waals surface area (Å²) in [6.07, 6.45) is 1.20. The maximum Gasteiger partial charge on any atom is 0.217 e. The van der Waals surface area contributed by atoms with Gasteiger partial charge in [-0.25, -0.2) is 0 Å². The highest BCUT2D eigenvalue weighted by atomic mass is 16.5. The van der Waals surface area contributed by atoms with E-state index in [4.69, 9.17) is 9.47 Å². The Labute approximate surface area is 160 Å². The maximum absolute atomic E-state index is 11.2. The van der Waals surface area contributed by atoms with Gasteiger partial charge in [0.25, 0.3) is 0 Å². The molecule has 1 N–H and O–H groups in total. The van der Waals surface area contributed by atoms with Crippen LogP contribution >= 0.6 is 0 Å². The lowest BCUT2D eigenvalue weighted by Gasteiger charge is -2.20. The molecule has 0 aliphatic carbocycles. The number of hydrogen-bond acceptors (Lipinski definition) is 4. The molecule has 2 atom stereocenters. The Morgan fingerprint density at radius 2 is 1.96 bits per heavy atom. The van der Waals surface area contributed by atoms with E-state index in [0.717, 1.165) is 44.0 Å². The molecule has 1 fully saturated rings. The van der Waals surface area contributed by atoms with E-state index in [0.29, 0.717) is 0 Å². The average molecular weight is 366 g/mol. The van der Waals surface area contributed by atoms with Gasteiger partial charge in [-0.1, -0.05) is 18.2 Å². The summed E-state index contributed by atoms with van der Waals surface area (Å²) >= 11 is 0. The van der Waals surface area contributed by atoms with Crippen LogP contribution in [0, 0.1) is 0 Å². The predicted molar refractivity (Wildman–Crippen MR) is 105 cm³/mol. The van der Waals surface area contributed by atoms with Crippen LogP contribution in [0.15, 0.2) is 42.5 Å². The van der Waals surface area contributed by atoms with Gasteiger partial charge in [-0.15, -0.1) is 0 Å². The summed E-state index contributed by atoms with van der Waals surface area (Å²) in [5, 5.41) is 2.90. The van der Waals surface area contributed by atoms with Gasteiger partial charge in [-0.05, 0) is 47.9 Å². The second-order valence-electron chi connectivity index (χ2n) is 7.41. The van der Waals surface area contributed by atoms with E-state index in [1.807, 2.05) is 31.2 Å². The van der Waals surface area contributed by atoms with Crippen molar-refractivity contribution in [2.45, 2.75) is 45.6 Å². The summed E-state index contributed by atoms with van der Waals surface area (Å²) in [7, 11) is 0. The summed E-state index contributed by atoms with van der Waals surface area (Å²) in [6, 6.07) is 14.6. The highest BCUT2D eigenvalue weighted by Crippen LogP contribution is 2.29. The van der Waals surface area contributed by atoms with Gasteiger partial charge in [0, 0.05) is 25.6 Å². The zero-order chi connectivity index (χ0) is 18.8. The van der Waals surface area contributed by atoms with Crippen molar-refractivity contribution in [1.82, 2.24) is 5.32 Å². The maximum atomic E-state index is 11.2. The van der Waals surface area contributed by atoms with E-state index in [-0.39, 0.29) is 18.1 Å². The Kier molecular flexibility index (Phi) is 5.03. The molecular formula is C22H26N2O3. The third kappa shape index (κ3) is 4.08. The highest BCUT2D eigenvalue weighted by Gasteiger charge is 2.25. The molecule has 5 nitrogen and oxygen atoms in total. The van der Waals surface area contributed by atoms with Crippen molar-refractivity contribution in [1.29, 1.82) is 0 Å². The van der Waals surface area contributed by atoms with E-state index in [9.17, 15) is 4.79 Å². The van der Waals surface area contributed by atoms with E-state index in [1.54, 1.807) is 0 Å². The predicted octanol–water partition coefficient (Wildman–Crippen LogP) is 3.57. The minimum absolute atomic E-state index is 0.00214. The van der Waals surface area contributed by atoms with E-state index < -0.39 is 0 Å². The van der Waals surface area contributed by atoms with E-state index in [2.05, 4.69) is 28.4 Å². The number of anilines is 1. The van der Waals surface area contributed by atoms with Gasteiger partial charge < -0.3 is 19.7 Å². The Balaban J connectivity index is 1.35. The van der Waals surface area contributed by atoms with Crippen molar-refractivity contribution in [3.63, 3.8) is 0 Å². The molecule has 2 aliphatic heterocycles. The molecule has 0 saturated carbocycles. The topological polar surface area (TPSA) is 50.8 Å². The fourth-order valence-electron chi connectivity index (χ4n) is 3.83. The van der Waals surface area contributed by atoms with Crippen LogP contribution in [0.3, 0.4) is 0 Å². The molecule has 5 heteroatoms. The molecule has 142 valence electrons. The van der Waals surface area contributed by atoms with Crippen LogP contribution in [-0.2, 0) is 22.7 Å². The third-order valence-electron chi connectivity index (χ3n) is 5.32. The van der Waals surface area contributed by atoms with Crippen LogP contribution in [0.5, 0.6) is 5.75 Å². The smallest absolute Gasteiger partial charge is 0.217 e. The highest BCUT2D eigenvalue weighted by molar-refractivity contribution is 5.73. The number of carbonyl (C=O) groups is 1. The molecular weight excluding hydrogens is 340 g/mol. The summed E-state index contributed by atoms with van der Waals surface area (Å²) in [6.45, 7) is 6.87. The number of nitrogens with zero attached hydrogens (tertiary/aromatic N) is 1. The van der Waals surface area contributed by atoms with Crippen molar-refractivity contribution < 1.29 is 14.3 Å². The first-order chi connectivity index (χ1) is 13.1.